The standard InChI is InChI=1S/C18H27NO/c1-3-19(17-7-5-4-6-8-17)14-13-18(20)16-11-9-15(2)10-12-16/h9-12,17H,3-8,13-14H2,1-2H3. The molecule has 0 heterocycles. The van der Waals surface area contributed by atoms with Crippen LogP contribution in [-0.4, -0.2) is 29.8 Å². The highest BCUT2D eigenvalue weighted by Crippen LogP contribution is 2.22. The van der Waals surface area contributed by atoms with Crippen molar-refractivity contribution in [2.24, 2.45) is 0 Å². The Morgan fingerprint density at radius 1 is 1.15 bits per heavy atom. The van der Waals surface area contributed by atoms with Gasteiger partial charge in [-0.1, -0.05) is 56.0 Å². The van der Waals surface area contributed by atoms with Crippen LogP contribution in [0.2, 0.25) is 0 Å². The van der Waals surface area contributed by atoms with Crippen molar-refractivity contribution in [1.29, 1.82) is 0 Å². The van der Waals surface area contributed by atoms with Gasteiger partial charge in [0.15, 0.2) is 5.78 Å². The molecule has 1 aromatic rings. The SMILES string of the molecule is CCN(CCC(=O)c1ccc(C)cc1)C1CCCCC1. The first-order chi connectivity index (χ1) is 9.70. The van der Waals surface area contributed by atoms with Crippen molar-refractivity contribution < 1.29 is 4.79 Å². The van der Waals surface area contributed by atoms with Gasteiger partial charge < -0.3 is 4.90 Å². The van der Waals surface area contributed by atoms with Gasteiger partial charge in [-0.05, 0) is 26.3 Å². The predicted molar refractivity (Wildman–Crippen MR) is 84.2 cm³/mol. The molecule has 1 fully saturated rings. The molecule has 0 atom stereocenters. The van der Waals surface area contributed by atoms with Crippen LogP contribution in [0.5, 0.6) is 0 Å². The van der Waals surface area contributed by atoms with E-state index >= 15 is 0 Å². The maximum Gasteiger partial charge on any atom is 0.164 e. The molecule has 1 aliphatic rings. The minimum Gasteiger partial charge on any atom is -0.300 e. The average Bonchev–Trinajstić information content (AvgIpc) is 2.49. The molecule has 2 nitrogen and oxygen atoms in total. The zero-order valence-electron chi connectivity index (χ0n) is 12.9. The molecule has 0 spiro atoms. The van der Waals surface area contributed by atoms with E-state index in [-0.39, 0.29) is 5.78 Å². The lowest BCUT2D eigenvalue weighted by Crippen LogP contribution is -2.38. The number of aryl methyl sites for hydroxylation is 1. The molecule has 20 heavy (non-hydrogen) atoms. The van der Waals surface area contributed by atoms with Gasteiger partial charge in [-0.2, -0.15) is 0 Å². The molecule has 1 aromatic carbocycles. The first kappa shape index (κ1) is 15.2. The molecule has 2 heteroatoms. The fraction of sp³-hybridized carbons (Fsp3) is 0.611. The van der Waals surface area contributed by atoms with Crippen molar-refractivity contribution in [1.82, 2.24) is 4.90 Å². The fourth-order valence-corrected chi connectivity index (χ4v) is 3.17. The smallest absolute Gasteiger partial charge is 0.164 e. The highest BCUT2D eigenvalue weighted by atomic mass is 16.1. The molecular weight excluding hydrogens is 246 g/mol. The van der Waals surface area contributed by atoms with Gasteiger partial charge in [0, 0.05) is 24.6 Å². The van der Waals surface area contributed by atoms with E-state index in [1.165, 1.54) is 37.7 Å². The van der Waals surface area contributed by atoms with Gasteiger partial charge >= 0.3 is 0 Å². The lowest BCUT2D eigenvalue weighted by atomic mass is 9.94. The highest BCUT2D eigenvalue weighted by molar-refractivity contribution is 5.96. The summed E-state index contributed by atoms with van der Waals surface area (Å²) in [6, 6.07) is 8.65. The number of ketones is 1. The summed E-state index contributed by atoms with van der Waals surface area (Å²) in [6.45, 7) is 6.24. The van der Waals surface area contributed by atoms with E-state index in [0.29, 0.717) is 12.5 Å². The van der Waals surface area contributed by atoms with E-state index in [9.17, 15) is 4.79 Å². The van der Waals surface area contributed by atoms with E-state index < -0.39 is 0 Å². The Morgan fingerprint density at radius 3 is 2.40 bits per heavy atom. The van der Waals surface area contributed by atoms with E-state index in [1.54, 1.807) is 0 Å². The summed E-state index contributed by atoms with van der Waals surface area (Å²) >= 11 is 0. The molecule has 0 unspecified atom stereocenters. The second-order valence-electron chi connectivity index (χ2n) is 5.96. The molecule has 0 aliphatic heterocycles. The third-order valence-electron chi connectivity index (χ3n) is 4.50. The summed E-state index contributed by atoms with van der Waals surface area (Å²) in [4.78, 5) is 14.7. The van der Waals surface area contributed by atoms with Crippen molar-refractivity contribution in [2.75, 3.05) is 13.1 Å². The summed E-state index contributed by atoms with van der Waals surface area (Å²) < 4.78 is 0. The number of nitrogens with zero attached hydrogens (tertiary/aromatic N) is 1. The van der Waals surface area contributed by atoms with Crippen LogP contribution in [-0.2, 0) is 0 Å². The molecule has 0 amide bonds. The molecule has 1 aliphatic carbocycles. The van der Waals surface area contributed by atoms with Crippen LogP contribution in [0.3, 0.4) is 0 Å². The number of hydrogen-bond donors (Lipinski definition) is 0. The monoisotopic (exact) mass is 273 g/mol. The molecule has 0 aromatic heterocycles. The van der Waals surface area contributed by atoms with E-state index in [1.807, 2.05) is 24.3 Å². The molecule has 0 saturated heterocycles. The number of carbonyl (C=O) groups is 1. The Kier molecular flexibility index (Phi) is 5.78. The summed E-state index contributed by atoms with van der Waals surface area (Å²) in [5.41, 5.74) is 2.06. The van der Waals surface area contributed by atoms with Crippen LogP contribution in [0.25, 0.3) is 0 Å². The third kappa shape index (κ3) is 4.17. The topological polar surface area (TPSA) is 20.3 Å². The summed E-state index contributed by atoms with van der Waals surface area (Å²) in [6.07, 6.45) is 7.36. The first-order valence-electron chi connectivity index (χ1n) is 8.04. The number of hydrogen-bond acceptors (Lipinski definition) is 2. The second-order valence-corrected chi connectivity index (χ2v) is 5.96. The zero-order valence-corrected chi connectivity index (χ0v) is 12.9. The lowest BCUT2D eigenvalue weighted by Gasteiger charge is -2.33. The minimum absolute atomic E-state index is 0.277. The fourth-order valence-electron chi connectivity index (χ4n) is 3.17. The molecule has 1 saturated carbocycles. The Balaban J connectivity index is 1.85. The Morgan fingerprint density at radius 2 is 1.80 bits per heavy atom. The largest absolute Gasteiger partial charge is 0.300 e. The number of benzene rings is 1. The number of Topliss-reactive ketones (excluding diaryl/α,β-unsaturated/α-hetero) is 1. The molecule has 0 bridgehead atoms. The van der Waals surface area contributed by atoms with Gasteiger partial charge in [-0.15, -0.1) is 0 Å². The number of carbonyl (C=O) groups excluding carboxylic acids is 1. The third-order valence-corrected chi connectivity index (χ3v) is 4.50. The summed E-state index contributed by atoms with van der Waals surface area (Å²) in [5.74, 6) is 0.277. The molecule has 110 valence electrons. The van der Waals surface area contributed by atoms with E-state index in [4.69, 9.17) is 0 Å². The van der Waals surface area contributed by atoms with E-state index in [2.05, 4.69) is 18.7 Å². The van der Waals surface area contributed by atoms with Gasteiger partial charge in [0.1, 0.15) is 0 Å². The van der Waals surface area contributed by atoms with Gasteiger partial charge in [-0.25, -0.2) is 0 Å². The quantitative estimate of drug-likeness (QED) is 0.723. The maximum absolute atomic E-state index is 12.2. The molecule has 0 radical (unpaired) electrons. The molecule has 0 N–H and O–H groups in total. The Hall–Kier alpha value is -1.15. The second kappa shape index (κ2) is 7.58. The van der Waals surface area contributed by atoms with Crippen molar-refractivity contribution >= 4 is 5.78 Å². The van der Waals surface area contributed by atoms with Crippen molar-refractivity contribution in [3.63, 3.8) is 0 Å². The van der Waals surface area contributed by atoms with Crippen molar-refractivity contribution in [3.8, 4) is 0 Å². The Bertz CT molecular complexity index is 418. The van der Waals surface area contributed by atoms with Gasteiger partial charge in [0.25, 0.3) is 0 Å². The van der Waals surface area contributed by atoms with Gasteiger partial charge in [0.05, 0.1) is 0 Å². The van der Waals surface area contributed by atoms with Crippen LogP contribution < -0.4 is 0 Å². The van der Waals surface area contributed by atoms with Gasteiger partial charge in [-0.3, -0.25) is 4.79 Å². The van der Waals surface area contributed by atoms with Crippen LogP contribution in [0.15, 0.2) is 24.3 Å². The zero-order chi connectivity index (χ0) is 14.4. The first-order valence-corrected chi connectivity index (χ1v) is 8.04. The highest BCUT2D eigenvalue weighted by Gasteiger charge is 2.20. The summed E-state index contributed by atoms with van der Waals surface area (Å²) in [5, 5.41) is 0. The van der Waals surface area contributed by atoms with Crippen LogP contribution in [0.4, 0.5) is 0 Å². The number of rotatable bonds is 6. The van der Waals surface area contributed by atoms with Crippen LogP contribution in [0, 0.1) is 6.92 Å². The van der Waals surface area contributed by atoms with E-state index in [0.717, 1.165) is 18.7 Å². The Labute approximate surface area is 123 Å². The van der Waals surface area contributed by atoms with Crippen LogP contribution >= 0.6 is 0 Å². The van der Waals surface area contributed by atoms with Crippen LogP contribution in [0.1, 0.15) is 61.4 Å². The maximum atomic E-state index is 12.2. The van der Waals surface area contributed by atoms with Crippen molar-refractivity contribution in [2.45, 2.75) is 58.4 Å². The lowest BCUT2D eigenvalue weighted by molar-refractivity contribution is 0.0939. The normalized spacial score (nSPS) is 16.6. The van der Waals surface area contributed by atoms with Crippen molar-refractivity contribution in [3.05, 3.63) is 35.4 Å². The van der Waals surface area contributed by atoms with Gasteiger partial charge in [0.2, 0.25) is 0 Å². The average molecular weight is 273 g/mol. The molecular formula is C18H27NO. The summed E-state index contributed by atoms with van der Waals surface area (Å²) in [7, 11) is 0. The molecule has 2 rings (SSSR count). The minimum atomic E-state index is 0.277. The predicted octanol–water partition coefficient (Wildman–Crippen LogP) is 4.22.